The van der Waals surface area contributed by atoms with Crippen LogP contribution in [0.1, 0.15) is 31.2 Å². The van der Waals surface area contributed by atoms with Crippen molar-refractivity contribution in [2.75, 3.05) is 16.9 Å². The number of nitro benzene ring substituents is 1. The van der Waals surface area contributed by atoms with Crippen molar-refractivity contribution in [1.29, 1.82) is 0 Å². The number of amides is 4. The third kappa shape index (κ3) is 4.04. The molecule has 0 unspecified atom stereocenters. The van der Waals surface area contributed by atoms with Crippen molar-refractivity contribution in [2.24, 2.45) is 29.1 Å². The fourth-order valence-corrected chi connectivity index (χ4v) is 8.33. The van der Waals surface area contributed by atoms with E-state index in [9.17, 15) is 34.4 Å². The summed E-state index contributed by atoms with van der Waals surface area (Å²) in [6.07, 6.45) is 2.28. The summed E-state index contributed by atoms with van der Waals surface area (Å²) in [6, 6.07) is 17.0. The van der Waals surface area contributed by atoms with Gasteiger partial charge in [-0.25, -0.2) is 4.90 Å². The third-order valence-electron chi connectivity index (χ3n) is 10.2. The average Bonchev–Trinajstić information content (AvgIpc) is 3.42. The third-order valence-corrected chi connectivity index (χ3v) is 10.5. The topological polar surface area (TPSA) is 147 Å². The molecule has 4 amide bonds. The fraction of sp³-hybridized carbons (Fsp3) is 0.294. The molecular formula is C34H28ClN3O8. The number of methoxy groups -OCH3 is 1. The van der Waals surface area contributed by atoms with Gasteiger partial charge in [-0.2, -0.15) is 0 Å². The molecule has 3 fully saturated rings. The van der Waals surface area contributed by atoms with Crippen LogP contribution in [0.15, 0.2) is 78.4 Å². The maximum atomic E-state index is 14.5. The summed E-state index contributed by atoms with van der Waals surface area (Å²) < 4.78 is 5.40. The highest BCUT2D eigenvalue weighted by Gasteiger charge is 2.67. The van der Waals surface area contributed by atoms with E-state index in [1.54, 1.807) is 49.4 Å². The fourth-order valence-electron chi connectivity index (χ4n) is 8.11. The minimum absolute atomic E-state index is 0.000867. The van der Waals surface area contributed by atoms with Crippen LogP contribution in [0, 0.1) is 39.2 Å². The predicted octanol–water partition coefficient (Wildman–Crippen LogP) is 5.40. The van der Waals surface area contributed by atoms with E-state index in [2.05, 4.69) is 0 Å². The zero-order valence-electron chi connectivity index (χ0n) is 24.8. The van der Waals surface area contributed by atoms with Crippen LogP contribution in [0.2, 0.25) is 5.02 Å². The number of carbonyl (C=O) groups excluding carboxylic acids is 4. The monoisotopic (exact) mass is 641 g/mol. The Bertz CT molecular complexity index is 1880. The molecular weight excluding hydrogens is 614 g/mol. The zero-order chi connectivity index (χ0) is 32.7. The number of non-ortho nitro benzene ring substituents is 1. The van der Waals surface area contributed by atoms with Gasteiger partial charge in [-0.05, 0) is 67.6 Å². The first-order chi connectivity index (χ1) is 22.0. The maximum absolute atomic E-state index is 14.5. The largest absolute Gasteiger partial charge is 0.503 e. The van der Waals surface area contributed by atoms with Crippen molar-refractivity contribution in [3.8, 4) is 11.5 Å². The molecule has 4 aliphatic rings. The van der Waals surface area contributed by atoms with Crippen molar-refractivity contribution < 1.29 is 33.9 Å². The van der Waals surface area contributed by atoms with Crippen LogP contribution in [0.4, 0.5) is 17.1 Å². The first-order valence-electron chi connectivity index (χ1n) is 14.8. The normalized spacial score (nSPS) is 28.5. The van der Waals surface area contributed by atoms with E-state index < -0.39 is 63.6 Å². The molecule has 1 N–H and O–H groups in total. The molecule has 6 atom stereocenters. The first kappa shape index (κ1) is 29.7. The molecule has 3 aromatic carbocycles. The predicted molar refractivity (Wildman–Crippen MR) is 166 cm³/mol. The Hall–Kier alpha value is -5.03. The number of imide groups is 2. The highest BCUT2D eigenvalue weighted by molar-refractivity contribution is 6.32. The molecule has 12 heteroatoms. The van der Waals surface area contributed by atoms with E-state index in [1.165, 1.54) is 36.3 Å². The van der Waals surface area contributed by atoms with Gasteiger partial charge in [0.1, 0.15) is 0 Å². The van der Waals surface area contributed by atoms with Gasteiger partial charge in [0.25, 0.3) is 5.69 Å². The standard InChI is InChI=1S/C34H28ClN3O8/c1-34-24(31(41)37(33(34)43)18-6-4-3-5-7-18)16-23-21(28(34)17-14-25(35)29(39)26(15-17)46-2)12-13-22-27(23)32(42)36(30(22)40)19-8-10-20(11-9-19)38(44)45/h3-12,14-15,22-24,27-28,39H,13,16H2,1-2H3/t22-,23+,24-,27-,28-,34+/m0/s1. The van der Waals surface area contributed by atoms with Crippen molar-refractivity contribution in [3.63, 3.8) is 0 Å². The molecule has 0 bridgehead atoms. The summed E-state index contributed by atoms with van der Waals surface area (Å²) >= 11 is 6.46. The quantitative estimate of drug-likeness (QED) is 0.169. The number of phenolic OH excluding ortho intramolecular Hbond substituents is 1. The number of halogens is 1. The van der Waals surface area contributed by atoms with Gasteiger partial charge in [-0.3, -0.25) is 34.2 Å². The number of allylic oxidation sites excluding steroid dienone is 2. The number of carbonyl (C=O) groups is 4. The molecule has 2 aliphatic carbocycles. The number of hydrogen-bond acceptors (Lipinski definition) is 8. The van der Waals surface area contributed by atoms with E-state index in [4.69, 9.17) is 16.3 Å². The number of anilines is 2. The Morgan fingerprint density at radius 2 is 1.61 bits per heavy atom. The summed E-state index contributed by atoms with van der Waals surface area (Å²) in [5.41, 5.74) is 0.463. The van der Waals surface area contributed by atoms with Crippen molar-refractivity contribution in [1.82, 2.24) is 0 Å². The SMILES string of the molecule is COc1cc([C@H]2C3=CC[C@@H]4C(=O)N(c5ccc([N+](=O)[O-])cc5)C(=O)[C@@H]4[C@@H]3C[C@H]3C(=O)N(c4ccccc4)C(=O)[C@@]23C)cc(Cl)c1O. The van der Waals surface area contributed by atoms with Crippen LogP contribution in [-0.2, 0) is 19.2 Å². The van der Waals surface area contributed by atoms with Crippen LogP contribution in [0.5, 0.6) is 11.5 Å². The van der Waals surface area contributed by atoms with Gasteiger partial charge in [-0.1, -0.05) is 41.4 Å². The summed E-state index contributed by atoms with van der Waals surface area (Å²) in [6.45, 7) is 1.76. The second-order valence-corrected chi connectivity index (χ2v) is 12.7. The molecule has 2 heterocycles. The highest BCUT2D eigenvalue weighted by atomic mass is 35.5. The molecule has 2 saturated heterocycles. The van der Waals surface area contributed by atoms with Crippen LogP contribution < -0.4 is 14.5 Å². The molecule has 1 saturated carbocycles. The highest BCUT2D eigenvalue weighted by Crippen LogP contribution is 2.64. The smallest absolute Gasteiger partial charge is 0.269 e. The number of nitro groups is 1. The Labute approximate surface area is 268 Å². The lowest BCUT2D eigenvalue weighted by Crippen LogP contribution is -2.48. The van der Waals surface area contributed by atoms with Crippen molar-refractivity contribution in [2.45, 2.75) is 25.7 Å². The number of phenols is 1. The Morgan fingerprint density at radius 3 is 2.26 bits per heavy atom. The van der Waals surface area contributed by atoms with Crippen molar-refractivity contribution in [3.05, 3.63) is 99.1 Å². The second kappa shape index (κ2) is 10.5. The number of nitrogens with zero attached hydrogens (tertiary/aromatic N) is 3. The summed E-state index contributed by atoms with van der Waals surface area (Å²) in [7, 11) is 1.38. The minimum Gasteiger partial charge on any atom is -0.503 e. The lowest BCUT2D eigenvalue weighted by atomic mass is 9.51. The summed E-state index contributed by atoms with van der Waals surface area (Å²) in [5.74, 6) is -5.55. The molecule has 0 radical (unpaired) electrons. The van der Waals surface area contributed by atoms with Gasteiger partial charge < -0.3 is 9.84 Å². The lowest BCUT2D eigenvalue weighted by molar-refractivity contribution is -0.384. The number of benzene rings is 3. The van der Waals surface area contributed by atoms with Crippen LogP contribution >= 0.6 is 11.6 Å². The van der Waals surface area contributed by atoms with Gasteiger partial charge >= 0.3 is 0 Å². The van der Waals surface area contributed by atoms with Gasteiger partial charge in [0.05, 0.1) is 51.6 Å². The number of fused-ring (bicyclic) bond motifs is 4. The summed E-state index contributed by atoms with van der Waals surface area (Å²) in [4.78, 5) is 69.6. The maximum Gasteiger partial charge on any atom is 0.269 e. The summed E-state index contributed by atoms with van der Waals surface area (Å²) in [5, 5.41) is 21.7. The molecule has 46 heavy (non-hydrogen) atoms. The molecule has 0 aromatic heterocycles. The second-order valence-electron chi connectivity index (χ2n) is 12.3. The van der Waals surface area contributed by atoms with Crippen LogP contribution in [-0.4, -0.2) is 40.8 Å². The molecule has 234 valence electrons. The van der Waals surface area contributed by atoms with Gasteiger partial charge in [0.2, 0.25) is 23.6 Å². The van der Waals surface area contributed by atoms with E-state index >= 15 is 0 Å². The average molecular weight is 642 g/mol. The van der Waals surface area contributed by atoms with E-state index in [1.807, 2.05) is 6.08 Å². The Balaban J connectivity index is 1.37. The first-order valence-corrected chi connectivity index (χ1v) is 15.2. The minimum atomic E-state index is -1.29. The van der Waals surface area contributed by atoms with Crippen LogP contribution in [0.3, 0.4) is 0 Å². The Morgan fingerprint density at radius 1 is 0.935 bits per heavy atom. The number of para-hydroxylation sites is 1. The number of ether oxygens (including phenoxy) is 1. The van der Waals surface area contributed by atoms with Gasteiger partial charge in [0.15, 0.2) is 11.5 Å². The molecule has 7 rings (SSSR count). The molecule has 2 aliphatic heterocycles. The molecule has 11 nitrogen and oxygen atoms in total. The van der Waals surface area contributed by atoms with E-state index in [-0.39, 0.29) is 40.7 Å². The zero-order valence-corrected chi connectivity index (χ0v) is 25.5. The van der Waals surface area contributed by atoms with Crippen LogP contribution in [0.25, 0.3) is 0 Å². The number of hydrogen-bond donors (Lipinski definition) is 1. The number of aromatic hydroxyl groups is 1. The van der Waals surface area contributed by atoms with Gasteiger partial charge in [-0.15, -0.1) is 0 Å². The lowest BCUT2D eigenvalue weighted by Gasteiger charge is -2.49. The number of rotatable bonds is 5. The van der Waals surface area contributed by atoms with E-state index in [0.717, 1.165) is 10.5 Å². The molecule has 0 spiro atoms. The van der Waals surface area contributed by atoms with Gasteiger partial charge in [0, 0.05) is 18.1 Å². The molecule has 3 aromatic rings. The van der Waals surface area contributed by atoms with E-state index in [0.29, 0.717) is 11.3 Å². The Kier molecular flexibility index (Phi) is 6.78. The van der Waals surface area contributed by atoms with Crippen molar-refractivity contribution >= 4 is 52.3 Å².